The van der Waals surface area contributed by atoms with Crippen LogP contribution in [0.2, 0.25) is 0 Å². The van der Waals surface area contributed by atoms with Gasteiger partial charge in [0, 0.05) is 6.04 Å². The first-order chi connectivity index (χ1) is 7.90. The van der Waals surface area contributed by atoms with E-state index >= 15 is 0 Å². The number of ether oxygens (including phenoxy) is 1. The van der Waals surface area contributed by atoms with Crippen molar-refractivity contribution in [2.75, 3.05) is 13.2 Å². The van der Waals surface area contributed by atoms with Gasteiger partial charge in [-0.3, -0.25) is 0 Å². The summed E-state index contributed by atoms with van der Waals surface area (Å²) in [5, 5.41) is 3.53. The number of para-hydroxylation sites is 1. The summed E-state index contributed by atoms with van der Waals surface area (Å²) in [5.41, 5.74) is 1.32. The van der Waals surface area contributed by atoms with Crippen molar-refractivity contribution in [1.29, 1.82) is 0 Å². The summed E-state index contributed by atoms with van der Waals surface area (Å²) in [5.74, 6) is 1.06. The molecular formula is C14H21NO. The highest BCUT2D eigenvalue weighted by Crippen LogP contribution is 2.20. The summed E-state index contributed by atoms with van der Waals surface area (Å²) in [7, 11) is 0. The Morgan fingerprint density at radius 2 is 2.12 bits per heavy atom. The Hall–Kier alpha value is -1.02. The standard InChI is InChI=1S/C14H21NO/c1-2-11-16-14-6-4-3-5-12(14)9-10-15-13-7-8-13/h3-6,13,15H,2,7-11H2,1H3. The molecule has 88 valence electrons. The molecule has 0 radical (unpaired) electrons. The van der Waals surface area contributed by atoms with E-state index in [9.17, 15) is 0 Å². The van der Waals surface area contributed by atoms with E-state index in [-0.39, 0.29) is 0 Å². The van der Waals surface area contributed by atoms with Crippen molar-refractivity contribution < 1.29 is 4.74 Å². The van der Waals surface area contributed by atoms with Gasteiger partial charge in [0.2, 0.25) is 0 Å². The lowest BCUT2D eigenvalue weighted by Crippen LogP contribution is -2.19. The third-order valence-corrected chi connectivity index (χ3v) is 2.84. The van der Waals surface area contributed by atoms with E-state index in [1.807, 2.05) is 6.07 Å². The maximum absolute atomic E-state index is 5.73. The van der Waals surface area contributed by atoms with E-state index in [1.54, 1.807) is 0 Å². The lowest BCUT2D eigenvalue weighted by Gasteiger charge is -2.10. The number of hydrogen-bond acceptors (Lipinski definition) is 2. The van der Waals surface area contributed by atoms with Crippen molar-refractivity contribution >= 4 is 0 Å². The normalized spacial score (nSPS) is 15.1. The maximum atomic E-state index is 5.73. The summed E-state index contributed by atoms with van der Waals surface area (Å²) in [6.45, 7) is 4.02. The summed E-state index contributed by atoms with van der Waals surface area (Å²) in [6, 6.07) is 9.17. The molecule has 0 amide bonds. The molecule has 16 heavy (non-hydrogen) atoms. The number of hydrogen-bond donors (Lipinski definition) is 1. The third-order valence-electron chi connectivity index (χ3n) is 2.84. The second-order valence-corrected chi connectivity index (χ2v) is 4.43. The first-order valence-electron chi connectivity index (χ1n) is 6.34. The molecule has 1 N–H and O–H groups in total. The minimum absolute atomic E-state index is 0.795. The number of nitrogens with one attached hydrogen (secondary N) is 1. The zero-order valence-electron chi connectivity index (χ0n) is 10.0. The van der Waals surface area contributed by atoms with Crippen LogP contribution in [0.5, 0.6) is 5.75 Å². The second kappa shape index (κ2) is 5.90. The van der Waals surface area contributed by atoms with Gasteiger partial charge in [-0.25, -0.2) is 0 Å². The van der Waals surface area contributed by atoms with Crippen LogP contribution in [-0.2, 0) is 6.42 Å². The van der Waals surface area contributed by atoms with Crippen molar-refractivity contribution in [1.82, 2.24) is 5.32 Å². The van der Waals surface area contributed by atoms with Crippen molar-refractivity contribution in [2.24, 2.45) is 0 Å². The van der Waals surface area contributed by atoms with E-state index in [0.29, 0.717) is 0 Å². The predicted octanol–water partition coefficient (Wildman–Crippen LogP) is 2.77. The molecule has 1 aromatic rings. The van der Waals surface area contributed by atoms with Crippen LogP contribution in [-0.4, -0.2) is 19.2 Å². The number of rotatable bonds is 7. The fraction of sp³-hybridized carbons (Fsp3) is 0.571. The average molecular weight is 219 g/mol. The topological polar surface area (TPSA) is 21.3 Å². The molecule has 0 spiro atoms. The van der Waals surface area contributed by atoms with Gasteiger partial charge < -0.3 is 10.1 Å². The van der Waals surface area contributed by atoms with Crippen molar-refractivity contribution in [3.05, 3.63) is 29.8 Å². The molecule has 0 saturated heterocycles. The van der Waals surface area contributed by atoms with Crippen LogP contribution in [0, 0.1) is 0 Å². The fourth-order valence-corrected chi connectivity index (χ4v) is 1.76. The van der Waals surface area contributed by atoms with E-state index < -0.39 is 0 Å². The molecule has 2 rings (SSSR count). The molecule has 0 aliphatic heterocycles. The molecule has 2 nitrogen and oxygen atoms in total. The monoisotopic (exact) mass is 219 g/mol. The molecule has 1 fully saturated rings. The Morgan fingerprint density at radius 3 is 2.88 bits per heavy atom. The van der Waals surface area contributed by atoms with E-state index in [4.69, 9.17) is 4.74 Å². The van der Waals surface area contributed by atoms with E-state index in [0.717, 1.165) is 37.8 Å². The van der Waals surface area contributed by atoms with Crippen LogP contribution in [0.1, 0.15) is 31.7 Å². The molecule has 1 saturated carbocycles. The smallest absolute Gasteiger partial charge is 0.122 e. The van der Waals surface area contributed by atoms with Gasteiger partial charge in [-0.1, -0.05) is 25.1 Å². The van der Waals surface area contributed by atoms with Gasteiger partial charge in [-0.15, -0.1) is 0 Å². The Kier molecular flexibility index (Phi) is 4.23. The SMILES string of the molecule is CCCOc1ccccc1CCNC1CC1. The Balaban J connectivity index is 1.84. The molecule has 0 atom stereocenters. The van der Waals surface area contributed by atoms with Crippen LogP contribution in [0.25, 0.3) is 0 Å². The first kappa shape index (κ1) is 11.5. The third kappa shape index (κ3) is 3.53. The molecule has 1 aromatic carbocycles. The average Bonchev–Trinajstić information content (AvgIpc) is 3.12. The van der Waals surface area contributed by atoms with E-state index in [2.05, 4.69) is 30.4 Å². The lowest BCUT2D eigenvalue weighted by molar-refractivity contribution is 0.314. The fourth-order valence-electron chi connectivity index (χ4n) is 1.76. The molecule has 1 aliphatic rings. The Labute approximate surface area is 98.0 Å². The summed E-state index contributed by atoms with van der Waals surface area (Å²) >= 11 is 0. The Morgan fingerprint density at radius 1 is 1.31 bits per heavy atom. The van der Waals surface area contributed by atoms with Gasteiger partial charge in [-0.05, 0) is 43.9 Å². The summed E-state index contributed by atoms with van der Waals surface area (Å²) in [6.07, 6.45) is 4.84. The van der Waals surface area contributed by atoms with Crippen molar-refractivity contribution in [3.63, 3.8) is 0 Å². The van der Waals surface area contributed by atoms with Gasteiger partial charge in [-0.2, -0.15) is 0 Å². The van der Waals surface area contributed by atoms with Gasteiger partial charge in [0.1, 0.15) is 5.75 Å². The molecule has 1 aliphatic carbocycles. The van der Waals surface area contributed by atoms with Crippen LogP contribution < -0.4 is 10.1 Å². The Bertz CT molecular complexity index is 320. The van der Waals surface area contributed by atoms with E-state index in [1.165, 1.54) is 18.4 Å². The van der Waals surface area contributed by atoms with Crippen molar-refractivity contribution in [3.8, 4) is 5.75 Å². The van der Waals surface area contributed by atoms with Crippen molar-refractivity contribution in [2.45, 2.75) is 38.6 Å². The number of benzene rings is 1. The highest BCUT2D eigenvalue weighted by Gasteiger charge is 2.19. The zero-order valence-corrected chi connectivity index (χ0v) is 10.0. The van der Waals surface area contributed by atoms with Crippen LogP contribution in [0.15, 0.2) is 24.3 Å². The molecule has 0 heterocycles. The predicted molar refractivity (Wildman–Crippen MR) is 67.0 cm³/mol. The van der Waals surface area contributed by atoms with Gasteiger partial charge in [0.05, 0.1) is 6.61 Å². The quantitative estimate of drug-likeness (QED) is 0.761. The molecule has 0 bridgehead atoms. The van der Waals surface area contributed by atoms with Crippen LogP contribution in [0.4, 0.5) is 0 Å². The van der Waals surface area contributed by atoms with Gasteiger partial charge in [0.25, 0.3) is 0 Å². The zero-order chi connectivity index (χ0) is 11.2. The highest BCUT2D eigenvalue weighted by molar-refractivity contribution is 5.33. The largest absolute Gasteiger partial charge is 0.493 e. The molecule has 0 unspecified atom stereocenters. The highest BCUT2D eigenvalue weighted by atomic mass is 16.5. The minimum Gasteiger partial charge on any atom is -0.493 e. The minimum atomic E-state index is 0.795. The molecule has 0 aromatic heterocycles. The summed E-state index contributed by atoms with van der Waals surface area (Å²) in [4.78, 5) is 0. The molecular weight excluding hydrogens is 198 g/mol. The maximum Gasteiger partial charge on any atom is 0.122 e. The first-order valence-corrected chi connectivity index (χ1v) is 6.34. The van der Waals surface area contributed by atoms with Crippen LogP contribution in [0.3, 0.4) is 0 Å². The van der Waals surface area contributed by atoms with Gasteiger partial charge >= 0.3 is 0 Å². The lowest BCUT2D eigenvalue weighted by atomic mass is 10.1. The van der Waals surface area contributed by atoms with Gasteiger partial charge in [0.15, 0.2) is 0 Å². The molecule has 2 heteroatoms. The summed E-state index contributed by atoms with van der Waals surface area (Å²) < 4.78 is 5.73. The second-order valence-electron chi connectivity index (χ2n) is 4.43. The van der Waals surface area contributed by atoms with Crippen LogP contribution >= 0.6 is 0 Å².